The van der Waals surface area contributed by atoms with E-state index in [2.05, 4.69) is 5.32 Å². The van der Waals surface area contributed by atoms with Crippen molar-refractivity contribution in [2.24, 2.45) is 5.92 Å². The summed E-state index contributed by atoms with van der Waals surface area (Å²) in [6.45, 7) is 2.08. The van der Waals surface area contributed by atoms with Crippen LogP contribution < -0.4 is 5.32 Å². The SMILES string of the molecule is [B]C1CNCC(CO)C1. The normalized spacial score (nSPS) is 36.6. The van der Waals surface area contributed by atoms with E-state index in [0.717, 1.165) is 19.5 Å². The lowest BCUT2D eigenvalue weighted by atomic mass is 9.77. The molecule has 0 bridgehead atoms. The van der Waals surface area contributed by atoms with Gasteiger partial charge >= 0.3 is 0 Å². The van der Waals surface area contributed by atoms with Crippen LogP contribution in [0, 0.1) is 5.92 Å². The molecule has 0 amide bonds. The fourth-order valence-corrected chi connectivity index (χ4v) is 1.21. The Hall–Kier alpha value is -0.0151. The first kappa shape index (κ1) is 7.10. The van der Waals surface area contributed by atoms with Gasteiger partial charge in [-0.05, 0) is 12.5 Å². The minimum atomic E-state index is 0.246. The first-order valence-corrected chi connectivity index (χ1v) is 3.40. The van der Waals surface area contributed by atoms with Crippen molar-refractivity contribution < 1.29 is 5.11 Å². The van der Waals surface area contributed by atoms with E-state index in [1.165, 1.54) is 0 Å². The minimum Gasteiger partial charge on any atom is -0.396 e. The van der Waals surface area contributed by atoms with Gasteiger partial charge in [-0.1, -0.05) is 12.2 Å². The van der Waals surface area contributed by atoms with Gasteiger partial charge in [0.25, 0.3) is 0 Å². The summed E-state index contributed by atoms with van der Waals surface area (Å²) in [6, 6.07) is 0. The molecule has 9 heavy (non-hydrogen) atoms. The van der Waals surface area contributed by atoms with Crippen LogP contribution >= 0.6 is 0 Å². The molecule has 0 aromatic carbocycles. The van der Waals surface area contributed by atoms with Gasteiger partial charge in [-0.3, -0.25) is 0 Å². The molecule has 0 spiro atoms. The van der Waals surface area contributed by atoms with Crippen LogP contribution in [0.2, 0.25) is 5.82 Å². The molecule has 1 aliphatic heterocycles. The molecule has 2 N–H and O–H groups in total. The van der Waals surface area contributed by atoms with Gasteiger partial charge in [-0.25, -0.2) is 0 Å². The van der Waals surface area contributed by atoms with Gasteiger partial charge in [-0.2, -0.15) is 0 Å². The van der Waals surface area contributed by atoms with Crippen molar-refractivity contribution >= 4 is 7.85 Å². The topological polar surface area (TPSA) is 32.3 Å². The molecule has 0 aliphatic carbocycles. The highest BCUT2D eigenvalue weighted by atomic mass is 16.3. The van der Waals surface area contributed by atoms with Gasteiger partial charge in [0.2, 0.25) is 0 Å². The van der Waals surface area contributed by atoms with Crippen LogP contribution in [0.25, 0.3) is 0 Å². The smallest absolute Gasteiger partial charge is 0.0716 e. The van der Waals surface area contributed by atoms with Gasteiger partial charge in [0, 0.05) is 13.2 Å². The average molecular weight is 125 g/mol. The van der Waals surface area contributed by atoms with Crippen LogP contribution in [-0.2, 0) is 0 Å². The molecule has 1 aliphatic rings. The van der Waals surface area contributed by atoms with Crippen molar-refractivity contribution in [3.05, 3.63) is 0 Å². The Balaban J connectivity index is 2.23. The molecule has 1 fully saturated rings. The van der Waals surface area contributed by atoms with E-state index in [0.29, 0.717) is 5.92 Å². The molecular formula is C6H12BNO. The van der Waals surface area contributed by atoms with Crippen LogP contribution in [0.5, 0.6) is 0 Å². The maximum Gasteiger partial charge on any atom is 0.0716 e. The van der Waals surface area contributed by atoms with Crippen molar-refractivity contribution in [3.63, 3.8) is 0 Å². The molecule has 1 rings (SSSR count). The van der Waals surface area contributed by atoms with E-state index in [-0.39, 0.29) is 12.4 Å². The summed E-state index contributed by atoms with van der Waals surface area (Å²) in [5.41, 5.74) is 0. The second-order valence-corrected chi connectivity index (χ2v) is 2.70. The molecule has 3 heteroatoms. The third-order valence-electron chi connectivity index (χ3n) is 1.73. The van der Waals surface area contributed by atoms with Crippen molar-refractivity contribution in [2.45, 2.75) is 12.2 Å². The largest absolute Gasteiger partial charge is 0.396 e. The summed E-state index contributed by atoms with van der Waals surface area (Å²) in [5.74, 6) is 0.629. The van der Waals surface area contributed by atoms with Crippen molar-refractivity contribution in [3.8, 4) is 0 Å². The van der Waals surface area contributed by atoms with Gasteiger partial charge in [-0.15, -0.1) is 0 Å². The Morgan fingerprint density at radius 1 is 1.56 bits per heavy atom. The maximum atomic E-state index is 8.71. The zero-order valence-corrected chi connectivity index (χ0v) is 5.51. The lowest BCUT2D eigenvalue weighted by molar-refractivity contribution is 0.199. The third-order valence-corrected chi connectivity index (χ3v) is 1.73. The Morgan fingerprint density at radius 3 is 2.78 bits per heavy atom. The van der Waals surface area contributed by atoms with Crippen LogP contribution in [0.1, 0.15) is 6.42 Å². The predicted octanol–water partition coefficient (Wildman–Crippen LogP) is -0.455. The van der Waals surface area contributed by atoms with Gasteiger partial charge in [0.1, 0.15) is 0 Å². The Bertz CT molecular complexity index is 89.1. The van der Waals surface area contributed by atoms with E-state index in [4.69, 9.17) is 13.0 Å². The molecular weight excluding hydrogens is 113 g/mol. The molecule has 2 unspecified atom stereocenters. The van der Waals surface area contributed by atoms with E-state index < -0.39 is 0 Å². The van der Waals surface area contributed by atoms with E-state index in [1.807, 2.05) is 0 Å². The second-order valence-electron chi connectivity index (χ2n) is 2.70. The maximum absolute atomic E-state index is 8.71. The number of aliphatic hydroxyl groups is 1. The van der Waals surface area contributed by atoms with Crippen molar-refractivity contribution in [2.75, 3.05) is 19.7 Å². The summed E-state index contributed by atoms with van der Waals surface area (Å²) >= 11 is 0. The molecule has 1 heterocycles. The summed E-state index contributed by atoms with van der Waals surface area (Å²) in [7, 11) is 5.63. The molecule has 1 saturated heterocycles. The van der Waals surface area contributed by atoms with Crippen LogP contribution in [0.15, 0.2) is 0 Å². The summed E-state index contributed by atoms with van der Waals surface area (Å²) in [4.78, 5) is 0. The summed E-state index contributed by atoms with van der Waals surface area (Å²) in [6.07, 6.45) is 0.962. The highest BCUT2D eigenvalue weighted by molar-refractivity contribution is 6.11. The number of hydrogen-bond donors (Lipinski definition) is 2. The standard InChI is InChI=1S/C6H12BNO/c7-6-1-5(4-9)2-8-3-6/h5-6,8-9H,1-4H2. The zero-order valence-electron chi connectivity index (χ0n) is 5.51. The van der Waals surface area contributed by atoms with Gasteiger partial charge < -0.3 is 10.4 Å². The molecule has 0 saturated carbocycles. The Labute approximate surface area is 57.1 Å². The van der Waals surface area contributed by atoms with Gasteiger partial charge in [0.15, 0.2) is 0 Å². The highest BCUT2D eigenvalue weighted by Crippen LogP contribution is 2.16. The lowest BCUT2D eigenvalue weighted by Crippen LogP contribution is -2.35. The summed E-state index contributed by atoms with van der Waals surface area (Å²) < 4.78 is 0. The minimum absolute atomic E-state index is 0.246. The molecule has 0 aromatic heterocycles. The molecule has 2 nitrogen and oxygen atoms in total. The average Bonchev–Trinajstić information content (AvgIpc) is 1.88. The molecule has 2 radical (unpaired) electrons. The molecule has 50 valence electrons. The van der Waals surface area contributed by atoms with Crippen molar-refractivity contribution in [1.82, 2.24) is 5.32 Å². The monoisotopic (exact) mass is 125 g/mol. The highest BCUT2D eigenvalue weighted by Gasteiger charge is 2.16. The molecule has 0 aromatic rings. The van der Waals surface area contributed by atoms with E-state index in [1.54, 1.807) is 0 Å². The van der Waals surface area contributed by atoms with Gasteiger partial charge in [0.05, 0.1) is 7.85 Å². The zero-order chi connectivity index (χ0) is 6.69. The number of piperidine rings is 1. The first-order chi connectivity index (χ1) is 4.33. The quantitative estimate of drug-likeness (QED) is 0.465. The fourth-order valence-electron chi connectivity index (χ4n) is 1.21. The van der Waals surface area contributed by atoms with Crippen LogP contribution in [-0.4, -0.2) is 32.6 Å². The summed E-state index contributed by atoms with van der Waals surface area (Å²) in [5, 5.41) is 11.9. The Morgan fingerprint density at radius 2 is 2.33 bits per heavy atom. The third kappa shape index (κ3) is 1.99. The predicted molar refractivity (Wildman–Crippen MR) is 37.6 cm³/mol. The lowest BCUT2D eigenvalue weighted by Gasteiger charge is -2.26. The first-order valence-electron chi connectivity index (χ1n) is 3.40. The van der Waals surface area contributed by atoms with E-state index >= 15 is 0 Å². The molecule has 2 atom stereocenters. The number of nitrogens with one attached hydrogen (secondary N) is 1. The van der Waals surface area contributed by atoms with Crippen LogP contribution in [0.4, 0.5) is 0 Å². The fraction of sp³-hybridized carbons (Fsp3) is 1.00. The van der Waals surface area contributed by atoms with Crippen molar-refractivity contribution in [1.29, 1.82) is 0 Å². The Kier molecular flexibility index (Phi) is 2.55. The number of rotatable bonds is 1. The number of hydrogen-bond acceptors (Lipinski definition) is 2. The van der Waals surface area contributed by atoms with Crippen LogP contribution in [0.3, 0.4) is 0 Å². The second kappa shape index (κ2) is 3.23. The number of aliphatic hydroxyl groups excluding tert-OH is 1. The van der Waals surface area contributed by atoms with E-state index in [9.17, 15) is 0 Å².